The monoisotopic (exact) mass is 436 g/mol. The molecular formula is C23H17FN2O4S. The highest BCUT2D eigenvalue weighted by Crippen LogP contribution is 2.26. The van der Waals surface area contributed by atoms with E-state index in [4.69, 9.17) is 9.47 Å². The lowest BCUT2D eigenvalue weighted by Gasteiger charge is -2.10. The van der Waals surface area contributed by atoms with Gasteiger partial charge in [-0.15, -0.1) is 11.3 Å². The van der Waals surface area contributed by atoms with E-state index in [-0.39, 0.29) is 24.0 Å². The third-order valence-electron chi connectivity index (χ3n) is 4.43. The van der Waals surface area contributed by atoms with Gasteiger partial charge in [0.05, 0.1) is 29.1 Å². The Kier molecular flexibility index (Phi) is 5.99. The molecule has 0 unspecified atom stereocenters. The van der Waals surface area contributed by atoms with E-state index in [0.29, 0.717) is 33.4 Å². The topological polar surface area (TPSA) is 78.4 Å². The summed E-state index contributed by atoms with van der Waals surface area (Å²) in [6, 6.07) is 14.7. The molecular weight excluding hydrogens is 419 g/mol. The molecule has 4 aromatic rings. The Morgan fingerprint density at radius 1 is 1.00 bits per heavy atom. The second kappa shape index (κ2) is 9.01. The highest BCUT2D eigenvalue weighted by Gasteiger charge is 2.17. The summed E-state index contributed by atoms with van der Waals surface area (Å²) in [6.45, 7) is 1.89. The van der Waals surface area contributed by atoms with Crippen molar-refractivity contribution < 1.29 is 23.5 Å². The first-order valence-electron chi connectivity index (χ1n) is 9.49. The normalized spacial score (nSPS) is 10.8. The van der Waals surface area contributed by atoms with Gasteiger partial charge < -0.3 is 9.47 Å². The minimum atomic E-state index is -0.548. The highest BCUT2D eigenvalue weighted by molar-refractivity contribution is 7.11. The van der Waals surface area contributed by atoms with Crippen molar-refractivity contribution in [2.24, 2.45) is 0 Å². The van der Waals surface area contributed by atoms with Crippen molar-refractivity contribution in [3.63, 3.8) is 0 Å². The second-order valence-corrected chi connectivity index (χ2v) is 7.38. The van der Waals surface area contributed by atoms with Crippen molar-refractivity contribution in [1.29, 1.82) is 0 Å². The molecule has 6 nitrogen and oxygen atoms in total. The van der Waals surface area contributed by atoms with Crippen LogP contribution in [-0.2, 0) is 16.1 Å². The summed E-state index contributed by atoms with van der Waals surface area (Å²) in [6.07, 6.45) is 0. The van der Waals surface area contributed by atoms with Crippen LogP contribution in [0.3, 0.4) is 0 Å². The molecule has 0 aliphatic carbocycles. The number of esters is 2. The highest BCUT2D eigenvalue weighted by atomic mass is 32.1. The number of carbonyl (C=O) groups is 2. The van der Waals surface area contributed by atoms with Gasteiger partial charge >= 0.3 is 11.9 Å². The lowest BCUT2D eigenvalue weighted by atomic mass is 10.0. The van der Waals surface area contributed by atoms with Crippen LogP contribution in [0.25, 0.3) is 22.2 Å². The van der Waals surface area contributed by atoms with Crippen LogP contribution in [0.2, 0.25) is 0 Å². The Labute approximate surface area is 181 Å². The van der Waals surface area contributed by atoms with Crippen LogP contribution in [0.15, 0.2) is 60.0 Å². The number of hydrogen-bond acceptors (Lipinski definition) is 7. The number of carbonyl (C=O) groups excluding carboxylic acids is 2. The predicted octanol–water partition coefficient (Wildman–Crippen LogP) is 5.03. The molecule has 2 heterocycles. The fraction of sp³-hybridized carbons (Fsp3) is 0.130. The lowest BCUT2D eigenvalue weighted by molar-refractivity contribution is 0.0470. The fourth-order valence-corrected chi connectivity index (χ4v) is 3.68. The number of para-hydroxylation sites is 1. The van der Waals surface area contributed by atoms with Gasteiger partial charge in [0.2, 0.25) is 5.01 Å². The van der Waals surface area contributed by atoms with E-state index in [0.717, 1.165) is 11.3 Å². The number of halogens is 1. The summed E-state index contributed by atoms with van der Waals surface area (Å²) in [5.41, 5.74) is 2.63. The van der Waals surface area contributed by atoms with Crippen molar-refractivity contribution in [2.75, 3.05) is 6.61 Å². The van der Waals surface area contributed by atoms with Crippen molar-refractivity contribution in [2.45, 2.75) is 13.5 Å². The summed E-state index contributed by atoms with van der Waals surface area (Å²) >= 11 is 1.13. The molecule has 0 saturated carbocycles. The Balaban J connectivity index is 1.60. The van der Waals surface area contributed by atoms with E-state index in [1.807, 2.05) is 12.1 Å². The maximum Gasteiger partial charge on any atom is 0.367 e. The van der Waals surface area contributed by atoms with Crippen LogP contribution in [-0.4, -0.2) is 28.5 Å². The lowest BCUT2D eigenvalue weighted by Crippen LogP contribution is -2.08. The van der Waals surface area contributed by atoms with E-state index in [9.17, 15) is 14.0 Å². The molecule has 8 heteroatoms. The zero-order chi connectivity index (χ0) is 21.8. The third kappa shape index (κ3) is 4.59. The van der Waals surface area contributed by atoms with Gasteiger partial charge in [-0.05, 0) is 43.3 Å². The van der Waals surface area contributed by atoms with Crippen molar-refractivity contribution >= 4 is 34.2 Å². The van der Waals surface area contributed by atoms with Gasteiger partial charge in [0.15, 0.2) is 0 Å². The van der Waals surface area contributed by atoms with E-state index in [1.165, 1.54) is 12.1 Å². The number of nitrogens with zero attached hydrogens (tertiary/aromatic N) is 2. The second-order valence-electron chi connectivity index (χ2n) is 6.52. The van der Waals surface area contributed by atoms with Crippen molar-refractivity contribution in [1.82, 2.24) is 9.97 Å². The smallest absolute Gasteiger partial charge is 0.367 e. The molecule has 31 heavy (non-hydrogen) atoms. The average molecular weight is 436 g/mol. The van der Waals surface area contributed by atoms with E-state index >= 15 is 0 Å². The molecule has 0 bridgehead atoms. The molecule has 0 atom stereocenters. The molecule has 0 saturated heterocycles. The van der Waals surface area contributed by atoms with E-state index in [1.54, 1.807) is 42.6 Å². The SMILES string of the molecule is CCOC(=O)c1nc(COC(=O)c2cc(-c3ccc(F)cc3)nc3ccccc23)cs1. The molecule has 0 amide bonds. The number of fused-ring (bicyclic) bond motifs is 1. The van der Waals surface area contributed by atoms with Crippen LogP contribution >= 0.6 is 11.3 Å². The van der Waals surface area contributed by atoms with Gasteiger partial charge in [0.1, 0.15) is 12.4 Å². The first-order chi connectivity index (χ1) is 15.0. The standard InChI is InChI=1S/C23H17FN2O4S/c1-2-29-23(28)21-25-16(13-31-21)12-30-22(27)18-11-20(14-7-9-15(24)10-8-14)26-19-6-4-3-5-17(18)19/h3-11,13H,2,12H2,1H3. The Hall–Kier alpha value is -3.65. The summed E-state index contributed by atoms with van der Waals surface area (Å²) in [5.74, 6) is -1.41. The number of pyridine rings is 1. The van der Waals surface area contributed by atoms with Gasteiger partial charge in [-0.3, -0.25) is 0 Å². The number of rotatable bonds is 6. The quantitative estimate of drug-likeness (QED) is 0.395. The van der Waals surface area contributed by atoms with Crippen LogP contribution in [0.1, 0.15) is 32.8 Å². The molecule has 0 aliphatic heterocycles. The van der Waals surface area contributed by atoms with E-state index in [2.05, 4.69) is 9.97 Å². The van der Waals surface area contributed by atoms with Crippen LogP contribution in [0, 0.1) is 5.82 Å². The van der Waals surface area contributed by atoms with Crippen LogP contribution in [0.4, 0.5) is 4.39 Å². The maximum atomic E-state index is 13.3. The van der Waals surface area contributed by atoms with Crippen molar-refractivity contribution in [3.05, 3.63) is 82.1 Å². The zero-order valence-corrected chi connectivity index (χ0v) is 17.3. The summed E-state index contributed by atoms with van der Waals surface area (Å²) < 4.78 is 23.7. The molecule has 2 aromatic carbocycles. The number of ether oxygens (including phenoxy) is 2. The van der Waals surface area contributed by atoms with Crippen molar-refractivity contribution in [3.8, 4) is 11.3 Å². The van der Waals surface area contributed by atoms with E-state index < -0.39 is 11.9 Å². The van der Waals surface area contributed by atoms with Crippen LogP contribution < -0.4 is 0 Å². The van der Waals surface area contributed by atoms with Gasteiger partial charge in [0, 0.05) is 16.3 Å². The zero-order valence-electron chi connectivity index (χ0n) is 16.5. The molecule has 0 spiro atoms. The summed E-state index contributed by atoms with van der Waals surface area (Å²) in [4.78, 5) is 33.4. The fourth-order valence-electron chi connectivity index (χ4n) is 2.99. The first-order valence-corrected chi connectivity index (χ1v) is 10.4. The minimum absolute atomic E-state index is 0.0860. The van der Waals surface area contributed by atoms with Gasteiger partial charge in [-0.2, -0.15) is 0 Å². The number of benzene rings is 2. The molecule has 0 aliphatic rings. The maximum absolute atomic E-state index is 13.3. The summed E-state index contributed by atoms with van der Waals surface area (Å²) in [5, 5.41) is 2.50. The number of thiazole rings is 1. The Bertz CT molecular complexity index is 1250. The average Bonchev–Trinajstić information content (AvgIpc) is 3.27. The molecule has 4 rings (SSSR count). The molecule has 156 valence electrons. The molecule has 2 aromatic heterocycles. The number of aromatic nitrogens is 2. The predicted molar refractivity (Wildman–Crippen MR) is 114 cm³/mol. The Morgan fingerprint density at radius 3 is 2.55 bits per heavy atom. The van der Waals surface area contributed by atoms with Crippen LogP contribution in [0.5, 0.6) is 0 Å². The van der Waals surface area contributed by atoms with Gasteiger partial charge in [0.25, 0.3) is 0 Å². The molecule has 0 N–H and O–H groups in total. The van der Waals surface area contributed by atoms with Gasteiger partial charge in [-0.1, -0.05) is 18.2 Å². The van der Waals surface area contributed by atoms with Gasteiger partial charge in [-0.25, -0.2) is 23.9 Å². The molecule has 0 fully saturated rings. The third-order valence-corrected chi connectivity index (χ3v) is 5.30. The first kappa shape index (κ1) is 20.6. The molecule has 0 radical (unpaired) electrons. The largest absolute Gasteiger partial charge is 0.461 e. The number of hydrogen-bond donors (Lipinski definition) is 0. The minimum Gasteiger partial charge on any atom is -0.461 e. The summed E-state index contributed by atoms with van der Waals surface area (Å²) in [7, 11) is 0. The Morgan fingerprint density at radius 2 is 1.77 bits per heavy atom.